The van der Waals surface area contributed by atoms with E-state index in [1.54, 1.807) is 6.92 Å². The maximum Gasteiger partial charge on any atom is 0.246 e. The summed E-state index contributed by atoms with van der Waals surface area (Å²) >= 11 is 14.3. The second-order valence-corrected chi connectivity index (χ2v) is 33.2. The minimum absolute atomic E-state index is 0.00205. The van der Waals surface area contributed by atoms with Crippen molar-refractivity contribution in [1.29, 1.82) is 0 Å². The van der Waals surface area contributed by atoms with Gasteiger partial charge in [-0.1, -0.05) is 101 Å². The van der Waals surface area contributed by atoms with E-state index in [-0.39, 0.29) is 103 Å². The number of Topliss-reactive ketones (excluding diaryl/α,β-unsaturated/α-hetero) is 3. The summed E-state index contributed by atoms with van der Waals surface area (Å²) in [4.78, 5) is 123. The van der Waals surface area contributed by atoms with Gasteiger partial charge in [0.1, 0.15) is 89.5 Å². The number of phenols is 3. The molecule has 5 aromatic carbocycles. The quantitative estimate of drug-likeness (QED) is 0.0244. The predicted molar refractivity (Wildman–Crippen MR) is 417 cm³/mol. The molecule has 5 aromatic rings. The molecule has 6 heterocycles. The number of primary amides is 1. The molecule has 28 nitrogen and oxygen atoms in total. The van der Waals surface area contributed by atoms with E-state index in [9.17, 15) is 55.5 Å². The number of fused-ring (bicyclic) bond motifs is 15. The van der Waals surface area contributed by atoms with E-state index in [4.69, 9.17) is 47.9 Å². The zero-order valence-corrected chi connectivity index (χ0v) is 65.8. The van der Waals surface area contributed by atoms with Crippen LogP contribution in [0, 0.1) is 47.3 Å². The van der Waals surface area contributed by atoms with Crippen LogP contribution in [-0.4, -0.2) is 162 Å². The molecule has 15 bridgehead atoms. The summed E-state index contributed by atoms with van der Waals surface area (Å²) in [5.41, 5.74) is 4.45. The van der Waals surface area contributed by atoms with Crippen molar-refractivity contribution in [3.8, 4) is 57.1 Å². The number of rotatable bonds is 25. The summed E-state index contributed by atoms with van der Waals surface area (Å²) in [6, 6.07) is 6.79. The van der Waals surface area contributed by atoms with Crippen molar-refractivity contribution in [2.45, 2.75) is 216 Å². The Balaban J connectivity index is 1.04. The lowest BCUT2D eigenvalue weighted by molar-refractivity contribution is -0.277. The first kappa shape index (κ1) is 84.9. The standard InChI is InChI=1S/C84H105Cl2N7O21/c1-5-7-8-9-10-11-18-88-19-20-89-37-54-58(96)36-53-68(75(54)103)52-27-43(12-15-57(52)95)51-35-60(98)69-48-31-64(111-62-16-13-44(28-55(62)85)73(101)71(92-80(107)42(6-2)21-39(3)4)59(97)30-49(33-67(87)100)81(108)90-69)79(114-84-78(106)77(105)76(104)66(38-94)113-84)65(32-48)112-63-17-14-45(29-56(63)86)74(102)72(93-82(51)109)83(110)91-70(53)61(99)34-50-46-23-40-22-41(25-46)26-47(50)24-40/h12-17,27-29,31-32,36,39-42,46-47,49-51,66,69-74,76-78,84,88-89,94-96,101-106H,5-11,18-26,30,33-35,37-38H2,1-4H3,(H2,87,100)(H,90,108)(H,91,110)(H,92,107)(H,93,109)/t40?,41?,42-,46?,47?,49+,50?,51-,66-,69-,70+,71+,72+,73-,74-,76-,77+,78-,84+/m1/s1. The Morgan fingerprint density at radius 2 is 1.27 bits per heavy atom. The molecule has 0 aromatic heterocycles. The van der Waals surface area contributed by atoms with Crippen LogP contribution < -0.4 is 51.8 Å². The number of hydrogen-bond donors (Lipinski definition) is 16. The van der Waals surface area contributed by atoms with E-state index in [2.05, 4.69) is 38.8 Å². The largest absolute Gasteiger partial charge is 0.507 e. The number of aliphatic hydroxyl groups excluding tert-OH is 6. The third-order valence-electron chi connectivity index (χ3n) is 23.9. The van der Waals surface area contributed by atoms with Crippen molar-refractivity contribution < 1.29 is 103 Å². The Morgan fingerprint density at radius 3 is 1.89 bits per heavy atom. The highest BCUT2D eigenvalue weighted by atomic mass is 35.5. The van der Waals surface area contributed by atoms with Gasteiger partial charge in [-0.15, -0.1) is 0 Å². The van der Waals surface area contributed by atoms with E-state index >= 15 is 28.8 Å². The Bertz CT molecular complexity index is 4380. The van der Waals surface area contributed by atoms with Crippen molar-refractivity contribution in [2.75, 3.05) is 26.2 Å². The number of phenolic OH excluding ortho intramolecular Hbond substituents is 3. The molecule has 15 rings (SSSR count). The highest BCUT2D eigenvalue weighted by Crippen LogP contribution is 2.59. The molecule has 17 N–H and O–H groups in total. The van der Waals surface area contributed by atoms with Crippen LogP contribution in [-0.2, 0) is 49.6 Å². The highest BCUT2D eigenvalue weighted by Gasteiger charge is 2.51. The first-order valence-corrected chi connectivity index (χ1v) is 40.6. The molecule has 5 amide bonds. The number of benzene rings is 5. The lowest BCUT2D eigenvalue weighted by Gasteiger charge is -2.54. The van der Waals surface area contributed by atoms with Crippen LogP contribution in [0.15, 0.2) is 72.8 Å². The smallest absolute Gasteiger partial charge is 0.246 e. The van der Waals surface area contributed by atoms with E-state index < -0.39 is 192 Å². The van der Waals surface area contributed by atoms with E-state index in [1.807, 2.05) is 13.8 Å². The number of ether oxygens (including phenoxy) is 4. The Hall–Kier alpha value is -8.52. The van der Waals surface area contributed by atoms with Crippen molar-refractivity contribution in [3.63, 3.8) is 0 Å². The summed E-state index contributed by atoms with van der Waals surface area (Å²) in [5, 5.41) is 124. The second-order valence-electron chi connectivity index (χ2n) is 32.4. The number of aliphatic hydroxyl groups is 6. The zero-order chi connectivity index (χ0) is 81.7. The fourth-order valence-electron chi connectivity index (χ4n) is 18.0. The minimum atomic E-state index is -2.14. The predicted octanol–water partition coefficient (Wildman–Crippen LogP) is 8.27. The molecule has 114 heavy (non-hydrogen) atoms. The average Bonchev–Trinajstić information content (AvgIpc) is 0.754. The van der Waals surface area contributed by atoms with Crippen LogP contribution in [0.25, 0.3) is 11.1 Å². The van der Waals surface area contributed by atoms with Gasteiger partial charge in [-0.3, -0.25) is 38.4 Å². The number of ketones is 3. The molecule has 30 heteroatoms. The molecule has 1 saturated heterocycles. The van der Waals surface area contributed by atoms with Crippen LogP contribution in [0.5, 0.6) is 46.0 Å². The van der Waals surface area contributed by atoms with Crippen molar-refractivity contribution in [2.24, 2.45) is 53.1 Å². The maximum atomic E-state index is 16.5. The van der Waals surface area contributed by atoms with Crippen molar-refractivity contribution >= 4 is 70.1 Å². The Labute approximate surface area is 670 Å². The number of unbranched alkanes of at least 4 members (excludes halogenated alkanes) is 5. The van der Waals surface area contributed by atoms with Crippen LogP contribution in [0.2, 0.25) is 10.0 Å². The molecule has 0 unspecified atom stereocenters. The molecule has 0 spiro atoms. The number of aromatic hydroxyl groups is 3. The van der Waals surface area contributed by atoms with Gasteiger partial charge in [0.2, 0.25) is 41.6 Å². The molecule has 14 atom stereocenters. The molecule has 616 valence electrons. The summed E-state index contributed by atoms with van der Waals surface area (Å²) in [5.74, 6) is -15.0. The molecule has 5 fully saturated rings. The molecular weight excluding hydrogens is 1510 g/mol. The third kappa shape index (κ3) is 18.9. The maximum absolute atomic E-state index is 16.5. The van der Waals surface area contributed by atoms with Gasteiger partial charge in [-0.25, -0.2) is 0 Å². The SMILES string of the molecule is CCCCCCCCNCCNCc1c(O)cc2c(c1O)-c1cc(ccc1O)[C@H]1CC(=O)[C@@H]3NC(=O)[C@H](CC(N)=O)CC(=O)[C@H](NC(=O)[C@H](CC)CC(C)C)[C@H](O)c4ccc(c(Cl)c4)Oc4cc3cc(c4O[C@@H]3O[C@H](CO)[C@@H](O)[C@H](O)[C@H]3O)Oc3ccc(cc3Cl)[C@@H](O)[C@H](NC1=O)C(=O)N[C@@H]2C(=O)CC1C2CC3CC(C2)CC1C3. The van der Waals surface area contributed by atoms with Crippen LogP contribution in [0.4, 0.5) is 0 Å². The monoisotopic (exact) mass is 1620 g/mol. The first-order valence-electron chi connectivity index (χ1n) is 39.9. The van der Waals surface area contributed by atoms with Crippen molar-refractivity contribution in [1.82, 2.24) is 31.9 Å². The molecule has 4 aliphatic carbocycles. The summed E-state index contributed by atoms with van der Waals surface area (Å²) in [6.45, 7) is 8.24. The van der Waals surface area contributed by atoms with Crippen LogP contribution in [0.1, 0.15) is 200 Å². The van der Waals surface area contributed by atoms with Crippen LogP contribution in [0.3, 0.4) is 0 Å². The highest BCUT2D eigenvalue weighted by molar-refractivity contribution is 6.32. The van der Waals surface area contributed by atoms with Gasteiger partial charge in [0.05, 0.1) is 34.1 Å². The summed E-state index contributed by atoms with van der Waals surface area (Å²) in [6.07, 6.45) is -4.56. The minimum Gasteiger partial charge on any atom is -0.507 e. The van der Waals surface area contributed by atoms with Gasteiger partial charge in [0.15, 0.2) is 28.8 Å². The molecule has 6 aliphatic heterocycles. The number of nitrogens with two attached hydrogens (primary N) is 1. The average molecular weight is 1620 g/mol. The summed E-state index contributed by atoms with van der Waals surface area (Å²) in [7, 11) is 0. The van der Waals surface area contributed by atoms with Crippen molar-refractivity contribution in [3.05, 3.63) is 116 Å². The zero-order valence-electron chi connectivity index (χ0n) is 64.3. The topological polar surface area (TPSA) is 454 Å². The second kappa shape index (κ2) is 37.2. The number of amides is 5. The number of carbonyl (C=O) groups excluding carboxylic acids is 8. The first-order chi connectivity index (χ1) is 54.5. The Morgan fingerprint density at radius 1 is 0.640 bits per heavy atom. The Kier molecular flexibility index (Phi) is 27.7. The number of hydrogen-bond acceptors (Lipinski definition) is 23. The third-order valence-corrected chi connectivity index (χ3v) is 24.5. The fraction of sp³-hybridized carbons (Fsp3) is 0.548. The van der Waals surface area contributed by atoms with Gasteiger partial charge in [-0.05, 0) is 176 Å². The van der Waals surface area contributed by atoms with E-state index in [0.717, 1.165) is 82.9 Å². The van der Waals surface area contributed by atoms with Crippen LogP contribution >= 0.6 is 23.2 Å². The van der Waals surface area contributed by atoms with E-state index in [1.165, 1.54) is 67.1 Å². The number of nitrogens with one attached hydrogen (secondary N) is 6. The molecule has 0 radical (unpaired) electrons. The molecule has 10 aliphatic rings. The molecular formula is C84H105Cl2N7O21. The lowest BCUT2D eigenvalue weighted by atomic mass is 9.51. The van der Waals surface area contributed by atoms with Gasteiger partial charge in [0, 0.05) is 62.4 Å². The number of carbonyl (C=O) groups is 8. The fourth-order valence-corrected chi connectivity index (χ4v) is 18.5. The van der Waals surface area contributed by atoms with Gasteiger partial charge < -0.3 is 103 Å². The lowest BCUT2D eigenvalue weighted by Crippen LogP contribution is -2.60. The van der Waals surface area contributed by atoms with Gasteiger partial charge >= 0.3 is 0 Å². The number of halogens is 2. The summed E-state index contributed by atoms with van der Waals surface area (Å²) < 4.78 is 25.5. The van der Waals surface area contributed by atoms with E-state index in [0.29, 0.717) is 37.8 Å². The molecule has 4 saturated carbocycles. The van der Waals surface area contributed by atoms with Gasteiger partial charge in [-0.2, -0.15) is 0 Å². The van der Waals surface area contributed by atoms with Gasteiger partial charge in [0.25, 0.3) is 0 Å². The normalized spacial score (nSPS) is 28.3.